The molecule has 1 N–H and O–H groups in total. The second-order valence-corrected chi connectivity index (χ2v) is 5.77. The summed E-state index contributed by atoms with van der Waals surface area (Å²) >= 11 is 0. The van der Waals surface area contributed by atoms with E-state index >= 15 is 0 Å². The summed E-state index contributed by atoms with van der Waals surface area (Å²) in [6, 6.07) is 4.95. The van der Waals surface area contributed by atoms with Crippen molar-refractivity contribution in [3.63, 3.8) is 0 Å². The van der Waals surface area contributed by atoms with Gasteiger partial charge in [-0.25, -0.2) is 4.39 Å². The zero-order valence-corrected chi connectivity index (χ0v) is 13.1. The lowest BCUT2D eigenvalue weighted by Gasteiger charge is -2.20. The fourth-order valence-electron chi connectivity index (χ4n) is 2.09. The Kier molecular flexibility index (Phi) is 7.13. The van der Waals surface area contributed by atoms with Crippen LogP contribution in [0, 0.1) is 12.7 Å². The summed E-state index contributed by atoms with van der Waals surface area (Å²) in [7, 11) is 6.18. The quantitative estimate of drug-likeness (QED) is 0.793. The molecule has 0 saturated heterocycles. The van der Waals surface area contributed by atoms with Crippen molar-refractivity contribution in [2.75, 3.05) is 40.8 Å². The Labute approximate surface area is 122 Å². The first-order chi connectivity index (χ1) is 9.40. The molecular weight excluding hydrogens is 255 g/mol. The van der Waals surface area contributed by atoms with Crippen LogP contribution >= 0.6 is 0 Å². The van der Waals surface area contributed by atoms with Crippen LogP contribution in [0.1, 0.15) is 30.1 Å². The molecule has 1 aromatic carbocycles. The van der Waals surface area contributed by atoms with Crippen LogP contribution in [0.4, 0.5) is 4.39 Å². The highest BCUT2D eigenvalue weighted by Gasteiger charge is 2.10. The lowest BCUT2D eigenvalue weighted by atomic mass is 10.0. The van der Waals surface area contributed by atoms with E-state index in [4.69, 9.17) is 0 Å². The fourth-order valence-corrected chi connectivity index (χ4v) is 2.09. The fraction of sp³-hybridized carbons (Fsp3) is 0.625. The first-order valence-electron chi connectivity index (χ1n) is 7.17. The molecule has 20 heavy (non-hydrogen) atoms. The Balaban J connectivity index is 2.34. The maximum atomic E-state index is 13.5. The van der Waals surface area contributed by atoms with Gasteiger partial charge < -0.3 is 14.9 Å². The van der Waals surface area contributed by atoms with Gasteiger partial charge in [-0.2, -0.15) is 0 Å². The van der Waals surface area contributed by atoms with Crippen molar-refractivity contribution in [1.29, 1.82) is 0 Å². The Bertz CT molecular complexity index is 409. The maximum Gasteiger partial charge on any atom is 0.126 e. The van der Waals surface area contributed by atoms with E-state index in [0.717, 1.165) is 26.1 Å². The largest absolute Gasteiger partial charge is 0.388 e. The molecule has 1 aromatic rings. The van der Waals surface area contributed by atoms with Gasteiger partial charge in [-0.1, -0.05) is 12.1 Å². The molecule has 114 valence electrons. The lowest BCUT2D eigenvalue weighted by molar-refractivity contribution is 0.147. The number of aliphatic hydroxyl groups excluding tert-OH is 1. The number of aryl methyl sites for hydroxylation is 1. The Morgan fingerprint density at radius 3 is 2.45 bits per heavy atom. The minimum atomic E-state index is -0.596. The third-order valence-corrected chi connectivity index (χ3v) is 3.51. The molecule has 0 radical (unpaired) electrons. The van der Waals surface area contributed by atoms with Gasteiger partial charge in [-0.3, -0.25) is 0 Å². The van der Waals surface area contributed by atoms with Gasteiger partial charge in [0.2, 0.25) is 0 Å². The molecule has 0 heterocycles. The van der Waals surface area contributed by atoms with Gasteiger partial charge in [0.25, 0.3) is 0 Å². The van der Waals surface area contributed by atoms with Gasteiger partial charge in [-0.05, 0) is 71.2 Å². The summed E-state index contributed by atoms with van der Waals surface area (Å²) in [6.45, 7) is 4.61. The van der Waals surface area contributed by atoms with Crippen LogP contribution in [0.15, 0.2) is 18.2 Å². The normalized spacial score (nSPS) is 13.2. The summed E-state index contributed by atoms with van der Waals surface area (Å²) in [4.78, 5) is 4.37. The molecule has 0 aliphatic heterocycles. The summed E-state index contributed by atoms with van der Waals surface area (Å²) < 4.78 is 13.5. The number of nitrogens with zero attached hydrogens (tertiary/aromatic N) is 2. The average molecular weight is 282 g/mol. The van der Waals surface area contributed by atoms with E-state index < -0.39 is 6.10 Å². The standard InChI is InChI=1S/C16H27FN2O/c1-13-6-7-14(12-15(13)17)16(20)8-11-19(4)10-5-9-18(2)3/h6-7,12,16,20H,5,8-11H2,1-4H3. The van der Waals surface area contributed by atoms with Crippen molar-refractivity contribution in [2.24, 2.45) is 0 Å². The van der Waals surface area contributed by atoms with Crippen LogP contribution in [0.5, 0.6) is 0 Å². The van der Waals surface area contributed by atoms with E-state index in [2.05, 4.69) is 30.9 Å². The molecule has 0 bridgehead atoms. The predicted octanol–water partition coefficient (Wildman–Crippen LogP) is 2.44. The molecule has 1 unspecified atom stereocenters. The number of benzene rings is 1. The lowest BCUT2D eigenvalue weighted by Crippen LogP contribution is -2.25. The minimum absolute atomic E-state index is 0.249. The van der Waals surface area contributed by atoms with Crippen molar-refractivity contribution < 1.29 is 9.50 Å². The second kappa shape index (κ2) is 8.35. The molecular formula is C16H27FN2O. The molecule has 0 saturated carbocycles. The predicted molar refractivity (Wildman–Crippen MR) is 81.4 cm³/mol. The molecule has 0 fully saturated rings. The van der Waals surface area contributed by atoms with Crippen molar-refractivity contribution >= 4 is 0 Å². The number of hydrogen-bond donors (Lipinski definition) is 1. The Morgan fingerprint density at radius 2 is 1.85 bits per heavy atom. The summed E-state index contributed by atoms with van der Waals surface area (Å²) in [6.07, 6.45) is 1.14. The number of rotatable bonds is 8. The summed E-state index contributed by atoms with van der Waals surface area (Å²) in [5.41, 5.74) is 1.27. The minimum Gasteiger partial charge on any atom is -0.388 e. The SMILES string of the molecule is Cc1ccc(C(O)CCN(C)CCCN(C)C)cc1F. The number of hydrogen-bond acceptors (Lipinski definition) is 3. The van der Waals surface area contributed by atoms with E-state index in [1.165, 1.54) is 6.07 Å². The topological polar surface area (TPSA) is 26.7 Å². The smallest absolute Gasteiger partial charge is 0.126 e. The molecule has 4 heteroatoms. The zero-order chi connectivity index (χ0) is 15.1. The molecule has 0 amide bonds. The average Bonchev–Trinajstić information content (AvgIpc) is 2.38. The second-order valence-electron chi connectivity index (χ2n) is 5.77. The molecule has 3 nitrogen and oxygen atoms in total. The summed E-state index contributed by atoms with van der Waals surface area (Å²) in [5, 5.41) is 10.1. The van der Waals surface area contributed by atoms with Crippen molar-refractivity contribution in [3.05, 3.63) is 35.1 Å². The van der Waals surface area contributed by atoms with Crippen LogP contribution < -0.4 is 0 Å². The van der Waals surface area contributed by atoms with Crippen LogP contribution in [-0.4, -0.2) is 55.7 Å². The van der Waals surface area contributed by atoms with Crippen molar-refractivity contribution in [3.8, 4) is 0 Å². The van der Waals surface area contributed by atoms with Gasteiger partial charge in [0.15, 0.2) is 0 Å². The van der Waals surface area contributed by atoms with Gasteiger partial charge in [0.1, 0.15) is 5.82 Å². The van der Waals surface area contributed by atoms with Crippen LogP contribution in [0.25, 0.3) is 0 Å². The first kappa shape index (κ1) is 17.1. The Morgan fingerprint density at radius 1 is 1.15 bits per heavy atom. The van der Waals surface area contributed by atoms with Gasteiger partial charge in [0, 0.05) is 6.54 Å². The van der Waals surface area contributed by atoms with Crippen molar-refractivity contribution in [1.82, 2.24) is 9.80 Å². The van der Waals surface area contributed by atoms with Crippen LogP contribution in [0.3, 0.4) is 0 Å². The molecule has 0 spiro atoms. The van der Waals surface area contributed by atoms with E-state index in [1.807, 2.05) is 0 Å². The number of aliphatic hydroxyl groups is 1. The van der Waals surface area contributed by atoms with Crippen LogP contribution in [0.2, 0.25) is 0 Å². The van der Waals surface area contributed by atoms with Gasteiger partial charge >= 0.3 is 0 Å². The van der Waals surface area contributed by atoms with Crippen LogP contribution in [-0.2, 0) is 0 Å². The maximum absolute atomic E-state index is 13.5. The number of halogens is 1. The van der Waals surface area contributed by atoms with Crippen molar-refractivity contribution in [2.45, 2.75) is 25.9 Å². The zero-order valence-electron chi connectivity index (χ0n) is 13.1. The monoisotopic (exact) mass is 282 g/mol. The van der Waals surface area contributed by atoms with Gasteiger partial charge in [-0.15, -0.1) is 0 Å². The van der Waals surface area contributed by atoms with E-state index in [1.54, 1.807) is 19.1 Å². The highest BCUT2D eigenvalue weighted by Crippen LogP contribution is 2.19. The first-order valence-corrected chi connectivity index (χ1v) is 7.17. The highest BCUT2D eigenvalue weighted by molar-refractivity contribution is 5.24. The third-order valence-electron chi connectivity index (χ3n) is 3.51. The molecule has 1 rings (SSSR count). The van der Waals surface area contributed by atoms with Gasteiger partial charge in [0.05, 0.1) is 6.10 Å². The highest BCUT2D eigenvalue weighted by atomic mass is 19.1. The molecule has 0 aliphatic carbocycles. The Hall–Kier alpha value is -0.970. The molecule has 1 atom stereocenters. The van der Waals surface area contributed by atoms with E-state index in [9.17, 15) is 9.50 Å². The van der Waals surface area contributed by atoms with E-state index in [-0.39, 0.29) is 5.82 Å². The van der Waals surface area contributed by atoms with E-state index in [0.29, 0.717) is 17.5 Å². The third kappa shape index (κ3) is 5.99. The summed E-state index contributed by atoms with van der Waals surface area (Å²) in [5.74, 6) is -0.249. The molecule has 0 aliphatic rings. The molecule has 0 aromatic heterocycles.